The average Bonchev–Trinajstić information content (AvgIpc) is 2.00. The van der Waals surface area contributed by atoms with Gasteiger partial charge in [-0.2, -0.15) is 0 Å². The van der Waals surface area contributed by atoms with Crippen molar-refractivity contribution in [2.45, 2.75) is 0 Å². The predicted octanol–water partition coefficient (Wildman–Crippen LogP) is 0.166. The van der Waals surface area contributed by atoms with E-state index in [2.05, 4.69) is 10.3 Å². The van der Waals surface area contributed by atoms with Crippen LogP contribution in [0.15, 0.2) is 10.3 Å². The molecule has 0 unspecified atom stereocenters. The summed E-state index contributed by atoms with van der Waals surface area (Å²) in [5, 5.41) is 8.06. The Bertz CT molecular complexity index is 190. The molecule has 0 rings (SSSR count). The third kappa shape index (κ3) is 4.37. The van der Waals surface area contributed by atoms with Crippen molar-refractivity contribution in [3.8, 4) is 0 Å². The average molecular weight is 172 g/mol. The number of rotatable bonds is 3. The molecule has 6 nitrogen and oxygen atoms in total. The first-order valence-corrected chi connectivity index (χ1v) is 3.35. The van der Waals surface area contributed by atoms with Gasteiger partial charge in [0.05, 0.1) is 6.54 Å². The third-order valence-corrected chi connectivity index (χ3v) is 1.00. The molecule has 68 valence electrons. The highest BCUT2D eigenvalue weighted by molar-refractivity contribution is 5.73. The lowest BCUT2D eigenvalue weighted by molar-refractivity contribution is -0.108. The molecular weight excluding hydrogens is 160 g/mol. The zero-order valence-electron chi connectivity index (χ0n) is 7.39. The van der Waals surface area contributed by atoms with Gasteiger partial charge in [0.25, 0.3) is 0 Å². The Balaban J connectivity index is 3.88. The SMILES string of the molecule is CN(CC=O)N=NC(=O)N(C)C. The summed E-state index contributed by atoms with van der Waals surface area (Å²) < 4.78 is 0. The summed E-state index contributed by atoms with van der Waals surface area (Å²) in [7, 11) is 4.70. The van der Waals surface area contributed by atoms with Crippen molar-refractivity contribution < 1.29 is 9.59 Å². The van der Waals surface area contributed by atoms with Gasteiger partial charge in [-0.05, 0) is 0 Å². The van der Waals surface area contributed by atoms with Crippen LogP contribution < -0.4 is 0 Å². The Morgan fingerprint density at radius 1 is 1.42 bits per heavy atom. The number of aldehydes is 1. The molecule has 0 saturated carbocycles. The molecule has 0 bridgehead atoms. The largest absolute Gasteiger partial charge is 0.363 e. The van der Waals surface area contributed by atoms with Crippen molar-refractivity contribution in [1.29, 1.82) is 0 Å². The zero-order chi connectivity index (χ0) is 9.56. The maximum absolute atomic E-state index is 10.8. The van der Waals surface area contributed by atoms with Crippen molar-refractivity contribution in [1.82, 2.24) is 9.91 Å². The quantitative estimate of drug-likeness (QED) is 0.346. The number of likely N-dealkylation sites (N-methyl/N-ethyl adjacent to an activating group) is 1. The van der Waals surface area contributed by atoms with Crippen LogP contribution in [-0.4, -0.2) is 49.9 Å². The van der Waals surface area contributed by atoms with E-state index < -0.39 is 6.03 Å². The molecule has 0 aromatic rings. The Kier molecular flexibility index (Phi) is 4.59. The first-order chi connectivity index (χ1) is 5.57. The van der Waals surface area contributed by atoms with Crippen LogP contribution in [0, 0.1) is 0 Å². The topological polar surface area (TPSA) is 65.3 Å². The fourth-order valence-electron chi connectivity index (χ4n) is 0.348. The van der Waals surface area contributed by atoms with Crippen LogP contribution in [0.3, 0.4) is 0 Å². The number of amides is 2. The minimum Gasteiger partial charge on any atom is -0.328 e. The summed E-state index contributed by atoms with van der Waals surface area (Å²) in [6.45, 7) is 0.129. The molecule has 0 aliphatic heterocycles. The second-order valence-corrected chi connectivity index (χ2v) is 2.37. The fourth-order valence-corrected chi connectivity index (χ4v) is 0.348. The maximum Gasteiger partial charge on any atom is 0.363 e. The van der Waals surface area contributed by atoms with Gasteiger partial charge in [0.2, 0.25) is 0 Å². The van der Waals surface area contributed by atoms with Gasteiger partial charge < -0.3 is 9.69 Å². The van der Waals surface area contributed by atoms with Crippen LogP contribution >= 0.6 is 0 Å². The third-order valence-electron chi connectivity index (χ3n) is 1.00. The Morgan fingerprint density at radius 3 is 2.42 bits per heavy atom. The molecule has 12 heavy (non-hydrogen) atoms. The molecular formula is C6H12N4O2. The summed E-state index contributed by atoms with van der Waals surface area (Å²) >= 11 is 0. The van der Waals surface area contributed by atoms with Crippen molar-refractivity contribution in [3.63, 3.8) is 0 Å². The van der Waals surface area contributed by atoms with E-state index in [1.54, 1.807) is 21.1 Å². The molecule has 0 aliphatic carbocycles. The van der Waals surface area contributed by atoms with Crippen molar-refractivity contribution >= 4 is 12.3 Å². The van der Waals surface area contributed by atoms with E-state index in [4.69, 9.17) is 0 Å². The zero-order valence-corrected chi connectivity index (χ0v) is 7.39. The first kappa shape index (κ1) is 10.5. The summed E-state index contributed by atoms with van der Waals surface area (Å²) in [5.74, 6) is 0. The number of carbonyl (C=O) groups is 2. The van der Waals surface area contributed by atoms with E-state index in [0.29, 0.717) is 6.29 Å². The van der Waals surface area contributed by atoms with E-state index in [1.807, 2.05) is 0 Å². The lowest BCUT2D eigenvalue weighted by Crippen LogP contribution is -2.19. The second-order valence-electron chi connectivity index (χ2n) is 2.37. The molecule has 0 aliphatic rings. The number of carbonyl (C=O) groups excluding carboxylic acids is 2. The van der Waals surface area contributed by atoms with Crippen LogP contribution in [0.5, 0.6) is 0 Å². The lowest BCUT2D eigenvalue weighted by atomic mass is 10.7. The van der Waals surface area contributed by atoms with E-state index in [-0.39, 0.29) is 6.54 Å². The van der Waals surface area contributed by atoms with Gasteiger partial charge in [-0.15, -0.1) is 0 Å². The molecule has 6 heteroatoms. The minimum absolute atomic E-state index is 0.129. The Hall–Kier alpha value is -1.46. The van der Waals surface area contributed by atoms with E-state index >= 15 is 0 Å². The number of urea groups is 1. The molecule has 2 amide bonds. The summed E-state index contributed by atoms with van der Waals surface area (Å²) in [6.07, 6.45) is 0.680. The fraction of sp³-hybridized carbons (Fsp3) is 0.667. The Morgan fingerprint density at radius 2 is 2.00 bits per heavy atom. The summed E-state index contributed by atoms with van der Waals surface area (Å²) in [6, 6.07) is -0.451. The lowest BCUT2D eigenvalue weighted by Gasteiger charge is -2.07. The summed E-state index contributed by atoms with van der Waals surface area (Å²) in [4.78, 5) is 22.0. The molecule has 0 fully saturated rings. The number of nitrogens with zero attached hydrogens (tertiary/aromatic N) is 4. The smallest absolute Gasteiger partial charge is 0.328 e. The van der Waals surface area contributed by atoms with Crippen molar-refractivity contribution in [2.24, 2.45) is 10.3 Å². The van der Waals surface area contributed by atoms with Gasteiger partial charge >= 0.3 is 6.03 Å². The molecule has 0 spiro atoms. The van der Waals surface area contributed by atoms with Crippen LogP contribution in [-0.2, 0) is 4.79 Å². The number of hydrogen-bond donors (Lipinski definition) is 0. The van der Waals surface area contributed by atoms with Crippen LogP contribution in [0.1, 0.15) is 0 Å². The maximum atomic E-state index is 10.8. The van der Waals surface area contributed by atoms with Crippen LogP contribution in [0.4, 0.5) is 4.79 Å². The van der Waals surface area contributed by atoms with Gasteiger partial charge in [-0.3, -0.25) is 5.01 Å². The monoisotopic (exact) mass is 172 g/mol. The number of hydrogen-bond acceptors (Lipinski definition) is 3. The molecule has 0 aromatic carbocycles. The molecule has 0 N–H and O–H groups in total. The highest BCUT2D eigenvalue weighted by Crippen LogP contribution is 1.88. The van der Waals surface area contributed by atoms with E-state index in [9.17, 15) is 9.59 Å². The molecule has 0 heterocycles. The van der Waals surface area contributed by atoms with Crippen LogP contribution in [0.2, 0.25) is 0 Å². The van der Waals surface area contributed by atoms with E-state index in [0.717, 1.165) is 0 Å². The normalized spacial score (nSPS) is 9.92. The first-order valence-electron chi connectivity index (χ1n) is 3.35. The van der Waals surface area contributed by atoms with Crippen molar-refractivity contribution in [2.75, 3.05) is 27.7 Å². The standard InChI is InChI=1S/C6H12N4O2/c1-9(2)6(12)7-8-10(3)4-5-11/h5H,4H2,1-3H3. The molecule has 0 radical (unpaired) electrons. The summed E-state index contributed by atoms with van der Waals surface area (Å²) in [5.41, 5.74) is 0. The highest BCUT2D eigenvalue weighted by atomic mass is 16.2. The molecule has 0 saturated heterocycles. The van der Waals surface area contributed by atoms with Gasteiger partial charge in [-0.1, -0.05) is 10.3 Å². The van der Waals surface area contributed by atoms with Crippen LogP contribution in [0.25, 0.3) is 0 Å². The second kappa shape index (κ2) is 5.22. The van der Waals surface area contributed by atoms with E-state index in [1.165, 1.54) is 9.91 Å². The highest BCUT2D eigenvalue weighted by Gasteiger charge is 1.99. The predicted molar refractivity (Wildman–Crippen MR) is 42.6 cm³/mol. The van der Waals surface area contributed by atoms with Gasteiger partial charge in [0, 0.05) is 21.1 Å². The minimum atomic E-state index is -0.451. The van der Waals surface area contributed by atoms with Gasteiger partial charge in [0.15, 0.2) is 0 Å². The Labute approximate surface area is 70.8 Å². The van der Waals surface area contributed by atoms with Gasteiger partial charge in [-0.25, -0.2) is 4.79 Å². The molecule has 0 aromatic heterocycles. The van der Waals surface area contributed by atoms with Crippen molar-refractivity contribution in [3.05, 3.63) is 0 Å². The molecule has 0 atom stereocenters. The van der Waals surface area contributed by atoms with Gasteiger partial charge in [0.1, 0.15) is 6.29 Å².